The van der Waals surface area contributed by atoms with E-state index in [0.29, 0.717) is 19.4 Å². The molecule has 6 nitrogen and oxygen atoms in total. The van der Waals surface area contributed by atoms with Crippen LogP contribution < -0.4 is 5.32 Å². The molecule has 0 aromatic carbocycles. The summed E-state index contributed by atoms with van der Waals surface area (Å²) in [5.74, 6) is -0.121. The van der Waals surface area contributed by atoms with Gasteiger partial charge in [0, 0.05) is 12.8 Å². The highest BCUT2D eigenvalue weighted by Crippen LogP contribution is 2.15. The highest BCUT2D eigenvalue weighted by Gasteiger charge is 2.18. The normalized spacial score (nSPS) is 12.9. The molecule has 0 aliphatic rings. The highest BCUT2D eigenvalue weighted by molar-refractivity contribution is 5.76. The van der Waals surface area contributed by atoms with Crippen LogP contribution in [-0.4, -0.2) is 47.4 Å². The standard InChI is InChI=1S/C54H101NO5/c1-3-5-7-9-11-13-15-17-19-20-22-26-30-34-38-42-46-52(57)51(50-56)55-53(58)47-43-39-35-31-27-23-21-25-29-33-37-41-45-49-60-54(59)48-44-40-36-32-28-24-18-16-14-12-10-8-6-4-2/h16,18,23,27,42,46,51-52,56-57H,3-15,17,19-22,24-26,28-41,43-45,47-50H2,1-2H3,(H,55,58)/b18-16-,27-23-,46-42+. The van der Waals surface area contributed by atoms with Gasteiger partial charge in [-0.1, -0.05) is 211 Å². The summed E-state index contributed by atoms with van der Waals surface area (Å²) in [4.78, 5) is 24.4. The van der Waals surface area contributed by atoms with Gasteiger partial charge in [0.2, 0.25) is 5.91 Å². The maximum Gasteiger partial charge on any atom is 0.305 e. The summed E-state index contributed by atoms with van der Waals surface area (Å²) in [6.45, 7) is 4.84. The second-order valence-electron chi connectivity index (χ2n) is 17.8. The van der Waals surface area contributed by atoms with Crippen molar-refractivity contribution in [1.29, 1.82) is 0 Å². The van der Waals surface area contributed by atoms with Gasteiger partial charge >= 0.3 is 5.97 Å². The lowest BCUT2D eigenvalue weighted by Gasteiger charge is -2.19. The Hall–Kier alpha value is -1.92. The molecule has 0 saturated carbocycles. The zero-order valence-corrected chi connectivity index (χ0v) is 39.9. The molecule has 3 N–H and O–H groups in total. The average Bonchev–Trinajstić information content (AvgIpc) is 3.25. The molecule has 0 fully saturated rings. The molecule has 0 aliphatic heterocycles. The van der Waals surface area contributed by atoms with E-state index >= 15 is 0 Å². The van der Waals surface area contributed by atoms with E-state index in [2.05, 4.69) is 43.5 Å². The highest BCUT2D eigenvalue weighted by atomic mass is 16.5. The van der Waals surface area contributed by atoms with E-state index in [0.717, 1.165) is 70.6 Å². The van der Waals surface area contributed by atoms with Crippen LogP contribution in [0.4, 0.5) is 0 Å². The van der Waals surface area contributed by atoms with Crippen molar-refractivity contribution < 1.29 is 24.5 Å². The van der Waals surface area contributed by atoms with E-state index in [9.17, 15) is 19.8 Å². The first-order chi connectivity index (χ1) is 29.5. The van der Waals surface area contributed by atoms with Gasteiger partial charge in [-0.25, -0.2) is 0 Å². The average molecular weight is 844 g/mol. The topological polar surface area (TPSA) is 95.9 Å². The first-order valence-corrected chi connectivity index (χ1v) is 26.3. The summed E-state index contributed by atoms with van der Waals surface area (Å²) < 4.78 is 5.45. The third-order valence-electron chi connectivity index (χ3n) is 11.9. The molecule has 0 radical (unpaired) electrons. The number of carbonyl (C=O) groups excluding carboxylic acids is 2. The molecule has 2 atom stereocenters. The van der Waals surface area contributed by atoms with Crippen LogP contribution in [-0.2, 0) is 14.3 Å². The Kier molecular flexibility index (Phi) is 48.1. The SMILES string of the molecule is CCCCCCC/C=C\CCCCCCCC(=O)OCCCCCCCC/C=C\CCCCCC(=O)NC(CO)C(O)/C=C/CCCCCCCCCCCCCCCC. The Labute approximate surface area is 373 Å². The maximum absolute atomic E-state index is 12.4. The lowest BCUT2D eigenvalue weighted by atomic mass is 10.0. The van der Waals surface area contributed by atoms with Crippen LogP contribution in [0.15, 0.2) is 36.5 Å². The molecule has 0 saturated heterocycles. The number of ether oxygens (including phenoxy) is 1. The van der Waals surface area contributed by atoms with Gasteiger partial charge in [-0.05, 0) is 83.5 Å². The molecule has 0 aromatic rings. The number of aliphatic hydroxyl groups excluding tert-OH is 2. The van der Waals surface area contributed by atoms with Crippen LogP contribution in [0.1, 0.15) is 271 Å². The number of aliphatic hydroxyl groups is 2. The van der Waals surface area contributed by atoms with Gasteiger partial charge in [-0.15, -0.1) is 0 Å². The van der Waals surface area contributed by atoms with E-state index < -0.39 is 12.1 Å². The first-order valence-electron chi connectivity index (χ1n) is 26.3. The van der Waals surface area contributed by atoms with Gasteiger partial charge in [-0.3, -0.25) is 9.59 Å². The largest absolute Gasteiger partial charge is 0.466 e. The Balaban J connectivity index is 3.55. The van der Waals surface area contributed by atoms with Crippen LogP contribution in [0.2, 0.25) is 0 Å². The molecule has 0 bridgehead atoms. The van der Waals surface area contributed by atoms with Crippen molar-refractivity contribution >= 4 is 11.9 Å². The molecule has 6 heteroatoms. The van der Waals surface area contributed by atoms with Crippen molar-refractivity contribution in [3.8, 4) is 0 Å². The number of hydrogen-bond acceptors (Lipinski definition) is 5. The zero-order valence-electron chi connectivity index (χ0n) is 39.9. The number of esters is 1. The number of carbonyl (C=O) groups is 2. The number of hydrogen-bond donors (Lipinski definition) is 3. The number of amides is 1. The summed E-state index contributed by atoms with van der Waals surface area (Å²) in [7, 11) is 0. The number of nitrogens with one attached hydrogen (secondary N) is 1. The first kappa shape index (κ1) is 58.1. The van der Waals surface area contributed by atoms with Crippen molar-refractivity contribution in [3.05, 3.63) is 36.5 Å². The van der Waals surface area contributed by atoms with Crippen LogP contribution in [0.3, 0.4) is 0 Å². The van der Waals surface area contributed by atoms with E-state index in [1.807, 2.05) is 6.08 Å². The molecular formula is C54H101NO5. The van der Waals surface area contributed by atoms with E-state index in [4.69, 9.17) is 4.74 Å². The zero-order chi connectivity index (χ0) is 43.7. The number of allylic oxidation sites excluding steroid dienone is 5. The van der Waals surface area contributed by atoms with Gasteiger partial charge in [-0.2, -0.15) is 0 Å². The molecule has 0 aliphatic carbocycles. The second kappa shape index (κ2) is 49.7. The van der Waals surface area contributed by atoms with Crippen molar-refractivity contribution in [2.24, 2.45) is 0 Å². The fourth-order valence-corrected chi connectivity index (χ4v) is 7.80. The molecule has 60 heavy (non-hydrogen) atoms. The monoisotopic (exact) mass is 844 g/mol. The minimum Gasteiger partial charge on any atom is -0.466 e. The quantitative estimate of drug-likeness (QED) is 0.0322. The van der Waals surface area contributed by atoms with Crippen LogP contribution >= 0.6 is 0 Å². The molecule has 0 aromatic heterocycles. The molecular weight excluding hydrogens is 743 g/mol. The Morgan fingerprint density at radius 3 is 1.20 bits per heavy atom. The van der Waals surface area contributed by atoms with Gasteiger partial charge in [0.1, 0.15) is 0 Å². The molecule has 1 amide bonds. The summed E-state index contributed by atoms with van der Waals surface area (Å²) in [6, 6.07) is -0.648. The lowest BCUT2D eigenvalue weighted by Crippen LogP contribution is -2.45. The lowest BCUT2D eigenvalue weighted by molar-refractivity contribution is -0.143. The fourth-order valence-electron chi connectivity index (χ4n) is 7.80. The summed E-state index contributed by atoms with van der Waals surface area (Å²) >= 11 is 0. The fraction of sp³-hybridized carbons (Fsp3) is 0.852. The Morgan fingerprint density at radius 2 is 0.783 bits per heavy atom. The predicted molar refractivity (Wildman–Crippen MR) is 259 cm³/mol. The molecule has 2 unspecified atom stereocenters. The van der Waals surface area contributed by atoms with E-state index in [1.165, 1.54) is 173 Å². The number of rotatable bonds is 48. The third kappa shape index (κ3) is 45.6. The minimum atomic E-state index is -0.862. The molecule has 0 rings (SSSR count). The van der Waals surface area contributed by atoms with Gasteiger partial charge in [0.05, 0.1) is 25.4 Å². The van der Waals surface area contributed by atoms with Crippen LogP contribution in [0, 0.1) is 0 Å². The number of unbranched alkanes of at least 4 members (excludes halogenated alkanes) is 33. The van der Waals surface area contributed by atoms with Crippen LogP contribution in [0.5, 0.6) is 0 Å². The molecule has 352 valence electrons. The van der Waals surface area contributed by atoms with Crippen molar-refractivity contribution in [1.82, 2.24) is 5.32 Å². The second-order valence-corrected chi connectivity index (χ2v) is 17.8. The van der Waals surface area contributed by atoms with Gasteiger partial charge in [0.25, 0.3) is 0 Å². The van der Waals surface area contributed by atoms with Gasteiger partial charge < -0.3 is 20.3 Å². The Morgan fingerprint density at radius 1 is 0.450 bits per heavy atom. The molecule has 0 heterocycles. The summed E-state index contributed by atoms with van der Waals surface area (Å²) in [5, 5.41) is 23.0. The third-order valence-corrected chi connectivity index (χ3v) is 11.9. The van der Waals surface area contributed by atoms with Crippen LogP contribution in [0.25, 0.3) is 0 Å². The van der Waals surface area contributed by atoms with E-state index in [-0.39, 0.29) is 18.5 Å². The van der Waals surface area contributed by atoms with Crippen molar-refractivity contribution in [3.63, 3.8) is 0 Å². The van der Waals surface area contributed by atoms with Crippen molar-refractivity contribution in [2.75, 3.05) is 13.2 Å². The van der Waals surface area contributed by atoms with Crippen molar-refractivity contribution in [2.45, 2.75) is 283 Å². The summed E-state index contributed by atoms with van der Waals surface area (Å²) in [6.07, 6.45) is 60.0. The smallest absolute Gasteiger partial charge is 0.305 e. The van der Waals surface area contributed by atoms with Gasteiger partial charge in [0.15, 0.2) is 0 Å². The summed E-state index contributed by atoms with van der Waals surface area (Å²) in [5.41, 5.74) is 0. The Bertz CT molecular complexity index is 977. The minimum absolute atomic E-state index is 0.0230. The van der Waals surface area contributed by atoms with E-state index in [1.54, 1.807) is 6.08 Å². The predicted octanol–water partition coefficient (Wildman–Crippen LogP) is 15.7. The maximum atomic E-state index is 12.4. The molecule has 0 spiro atoms.